The van der Waals surface area contributed by atoms with Crippen LogP contribution in [0, 0.1) is 34.7 Å². The number of ether oxygens (including phenoxy) is 1. The van der Waals surface area contributed by atoms with Crippen LogP contribution in [0.4, 0.5) is 19.0 Å². The number of carbonyl (C=O) groups is 1. The SMILES string of the molecule is CC(C)/C=C(/C#N)C(=O)N1CCC[C@@H](n2nc(-c3ccc(Oc4cccc(F)c4F)cc3F)c3c(N)ncnc32)C1. The lowest BCUT2D eigenvalue weighted by molar-refractivity contribution is -0.128. The first-order chi connectivity index (χ1) is 19.7. The highest BCUT2D eigenvalue weighted by Crippen LogP contribution is 2.37. The molecule has 5 rings (SSSR count). The van der Waals surface area contributed by atoms with Gasteiger partial charge in [0, 0.05) is 24.7 Å². The standard InChI is InChI=1S/C29H26F3N7O2/c1-16(2)11-17(13-33)29(40)38-10-4-5-18(14-38)39-28-24(27(34)35-15-36-28)26(37-39)20-9-8-19(12-22(20)31)41-23-7-3-6-21(30)25(23)32/h3,6-9,11-12,15-16,18H,4-5,10,14H2,1-2H3,(H2,34,35,36)/b17-11-/t18-/m1/s1. The maximum Gasteiger partial charge on any atom is 0.264 e. The van der Waals surface area contributed by atoms with E-state index in [0.29, 0.717) is 30.4 Å². The van der Waals surface area contributed by atoms with Crippen LogP contribution in [0.3, 0.4) is 0 Å². The summed E-state index contributed by atoms with van der Waals surface area (Å²) in [6.45, 7) is 4.54. The Labute approximate surface area is 233 Å². The van der Waals surface area contributed by atoms with Crippen LogP contribution in [-0.2, 0) is 4.79 Å². The predicted molar refractivity (Wildman–Crippen MR) is 145 cm³/mol. The van der Waals surface area contributed by atoms with Crippen LogP contribution >= 0.6 is 0 Å². The normalized spacial score (nSPS) is 15.8. The van der Waals surface area contributed by atoms with Crippen LogP contribution in [0.1, 0.15) is 32.7 Å². The third-order valence-electron chi connectivity index (χ3n) is 6.74. The Hall–Kier alpha value is -4.92. The number of halogens is 3. The summed E-state index contributed by atoms with van der Waals surface area (Å²) >= 11 is 0. The van der Waals surface area contributed by atoms with Crippen molar-refractivity contribution in [3.8, 4) is 28.8 Å². The number of carbonyl (C=O) groups excluding carboxylic acids is 1. The molecule has 2 aromatic heterocycles. The van der Waals surface area contributed by atoms with Crippen molar-refractivity contribution in [3.05, 3.63) is 71.8 Å². The monoisotopic (exact) mass is 561 g/mol. The molecule has 2 aromatic carbocycles. The molecule has 0 saturated carbocycles. The number of allylic oxidation sites excluding steroid dienone is 1. The number of amides is 1. The molecular formula is C29H26F3N7O2. The van der Waals surface area contributed by atoms with Crippen molar-refractivity contribution in [3.63, 3.8) is 0 Å². The van der Waals surface area contributed by atoms with Crippen LogP contribution in [-0.4, -0.2) is 43.6 Å². The third-order valence-corrected chi connectivity index (χ3v) is 6.74. The van der Waals surface area contributed by atoms with Crippen LogP contribution in [0.15, 0.2) is 54.4 Å². The van der Waals surface area contributed by atoms with Crippen molar-refractivity contribution in [1.29, 1.82) is 5.26 Å². The number of rotatable bonds is 6. The summed E-state index contributed by atoms with van der Waals surface area (Å²) in [5.74, 6) is -3.68. The van der Waals surface area contributed by atoms with Crippen LogP contribution in [0.5, 0.6) is 11.5 Å². The van der Waals surface area contributed by atoms with Gasteiger partial charge >= 0.3 is 0 Å². The van der Waals surface area contributed by atoms with E-state index in [1.165, 1.54) is 30.6 Å². The lowest BCUT2D eigenvalue weighted by atomic mass is 10.0. The molecule has 3 heterocycles. The van der Waals surface area contributed by atoms with Crippen molar-refractivity contribution >= 4 is 22.8 Å². The lowest BCUT2D eigenvalue weighted by Gasteiger charge is -2.33. The molecule has 1 aliphatic heterocycles. The molecule has 1 saturated heterocycles. The first-order valence-electron chi connectivity index (χ1n) is 13.0. The van der Waals surface area contributed by atoms with Gasteiger partial charge in [0.2, 0.25) is 5.82 Å². The zero-order chi connectivity index (χ0) is 29.3. The van der Waals surface area contributed by atoms with Gasteiger partial charge in [0.05, 0.1) is 11.4 Å². The summed E-state index contributed by atoms with van der Waals surface area (Å²) in [6, 6.07) is 8.97. The summed E-state index contributed by atoms with van der Waals surface area (Å²) in [5, 5.41) is 14.5. The zero-order valence-electron chi connectivity index (χ0n) is 22.3. The second-order valence-corrected chi connectivity index (χ2v) is 10.0. The molecule has 12 heteroatoms. The number of hydrogen-bond acceptors (Lipinski definition) is 7. The summed E-state index contributed by atoms with van der Waals surface area (Å²) in [5.41, 5.74) is 6.89. The zero-order valence-corrected chi connectivity index (χ0v) is 22.3. The smallest absolute Gasteiger partial charge is 0.264 e. The van der Waals surface area contributed by atoms with E-state index in [1.54, 1.807) is 15.7 Å². The van der Waals surface area contributed by atoms with Crippen LogP contribution in [0.2, 0.25) is 0 Å². The number of benzene rings is 2. The van der Waals surface area contributed by atoms with E-state index in [0.717, 1.165) is 12.1 Å². The number of nitrogens with two attached hydrogens (primary N) is 1. The molecule has 41 heavy (non-hydrogen) atoms. The summed E-state index contributed by atoms with van der Waals surface area (Å²) in [6.07, 6.45) is 4.24. The van der Waals surface area contributed by atoms with E-state index >= 15 is 4.39 Å². The molecule has 9 nitrogen and oxygen atoms in total. The number of nitrogen functional groups attached to an aromatic ring is 1. The Balaban J connectivity index is 1.50. The number of anilines is 1. The molecule has 4 aromatic rings. The number of aromatic nitrogens is 4. The van der Waals surface area contributed by atoms with Crippen molar-refractivity contribution in [1.82, 2.24) is 24.6 Å². The van der Waals surface area contributed by atoms with E-state index in [1.807, 2.05) is 19.9 Å². The van der Waals surface area contributed by atoms with Gasteiger partial charge in [-0.15, -0.1) is 0 Å². The van der Waals surface area contributed by atoms with E-state index in [4.69, 9.17) is 10.5 Å². The number of likely N-dealkylation sites (tertiary alicyclic amines) is 1. The van der Waals surface area contributed by atoms with Gasteiger partial charge in [0.15, 0.2) is 17.2 Å². The molecule has 0 aliphatic carbocycles. The fourth-order valence-electron chi connectivity index (χ4n) is 4.88. The van der Waals surface area contributed by atoms with Gasteiger partial charge in [-0.25, -0.2) is 23.4 Å². The number of piperidine rings is 1. The van der Waals surface area contributed by atoms with Crippen molar-refractivity contribution in [2.75, 3.05) is 18.8 Å². The second kappa shape index (κ2) is 11.3. The molecule has 0 radical (unpaired) electrons. The highest BCUT2D eigenvalue weighted by Gasteiger charge is 2.30. The minimum atomic E-state index is -1.19. The molecule has 0 spiro atoms. The molecule has 1 atom stereocenters. The number of nitriles is 1. The first-order valence-corrected chi connectivity index (χ1v) is 13.0. The van der Waals surface area contributed by atoms with Crippen molar-refractivity contribution < 1.29 is 22.7 Å². The average molecular weight is 562 g/mol. The van der Waals surface area contributed by atoms with Gasteiger partial charge in [-0.05, 0) is 43.0 Å². The van der Waals surface area contributed by atoms with Gasteiger partial charge in [-0.1, -0.05) is 26.0 Å². The molecule has 2 N–H and O–H groups in total. The van der Waals surface area contributed by atoms with Crippen molar-refractivity contribution in [2.45, 2.75) is 32.7 Å². The fourth-order valence-corrected chi connectivity index (χ4v) is 4.88. The summed E-state index contributed by atoms with van der Waals surface area (Å²) < 4.78 is 50.1. The highest BCUT2D eigenvalue weighted by atomic mass is 19.2. The fraction of sp³-hybridized carbons (Fsp3) is 0.276. The Morgan fingerprint density at radius 2 is 2.00 bits per heavy atom. The molecule has 0 unspecified atom stereocenters. The second-order valence-electron chi connectivity index (χ2n) is 10.0. The number of fused-ring (bicyclic) bond motifs is 1. The molecule has 1 fully saturated rings. The van der Waals surface area contributed by atoms with E-state index in [2.05, 4.69) is 15.1 Å². The minimum Gasteiger partial charge on any atom is -0.454 e. The maximum atomic E-state index is 15.5. The third kappa shape index (κ3) is 5.43. The van der Waals surface area contributed by atoms with E-state index in [-0.39, 0.29) is 58.6 Å². The van der Waals surface area contributed by atoms with Gasteiger partial charge in [0.1, 0.15) is 41.0 Å². The Bertz CT molecular complexity index is 1710. The van der Waals surface area contributed by atoms with Gasteiger partial charge < -0.3 is 15.4 Å². The number of nitrogens with zero attached hydrogens (tertiary/aromatic N) is 6. The van der Waals surface area contributed by atoms with Gasteiger partial charge in [0.25, 0.3) is 5.91 Å². The topological polar surface area (TPSA) is 123 Å². The average Bonchev–Trinajstić information content (AvgIpc) is 3.34. The first kappa shape index (κ1) is 27.6. The Kier molecular flexibility index (Phi) is 7.61. The largest absolute Gasteiger partial charge is 0.454 e. The highest BCUT2D eigenvalue weighted by molar-refractivity contribution is 5.99. The maximum absolute atomic E-state index is 15.5. The Morgan fingerprint density at radius 3 is 2.73 bits per heavy atom. The van der Waals surface area contributed by atoms with Crippen LogP contribution in [0.25, 0.3) is 22.3 Å². The number of hydrogen-bond donors (Lipinski definition) is 1. The van der Waals surface area contributed by atoms with E-state index in [9.17, 15) is 18.8 Å². The molecule has 210 valence electrons. The van der Waals surface area contributed by atoms with E-state index < -0.39 is 17.5 Å². The molecule has 1 amide bonds. The van der Waals surface area contributed by atoms with Gasteiger partial charge in [-0.2, -0.15) is 14.8 Å². The minimum absolute atomic E-state index is 0.0334. The van der Waals surface area contributed by atoms with Crippen LogP contribution < -0.4 is 10.5 Å². The summed E-state index contributed by atoms with van der Waals surface area (Å²) in [4.78, 5) is 23.1. The molecule has 0 bridgehead atoms. The lowest BCUT2D eigenvalue weighted by Crippen LogP contribution is -2.41. The molecular weight excluding hydrogens is 535 g/mol. The molecule has 1 aliphatic rings. The van der Waals surface area contributed by atoms with Gasteiger partial charge in [-0.3, -0.25) is 4.79 Å². The summed E-state index contributed by atoms with van der Waals surface area (Å²) in [7, 11) is 0. The predicted octanol–water partition coefficient (Wildman–Crippen LogP) is 5.55. The Morgan fingerprint density at radius 1 is 1.20 bits per heavy atom. The van der Waals surface area contributed by atoms with Crippen molar-refractivity contribution in [2.24, 2.45) is 5.92 Å². The quantitative estimate of drug-likeness (QED) is 0.242.